The van der Waals surface area contributed by atoms with Crippen molar-refractivity contribution in [1.29, 1.82) is 0 Å². The van der Waals surface area contributed by atoms with Crippen molar-refractivity contribution >= 4 is 29.7 Å². The van der Waals surface area contributed by atoms with Gasteiger partial charge in [0.1, 0.15) is 12.1 Å². The summed E-state index contributed by atoms with van der Waals surface area (Å²) >= 11 is 0. The number of carbonyl (C=O) groups is 5. The molecule has 0 aromatic rings. The van der Waals surface area contributed by atoms with E-state index in [9.17, 15) is 32.8 Å². The van der Waals surface area contributed by atoms with Gasteiger partial charge >= 0.3 is 23.8 Å². The van der Waals surface area contributed by atoms with Crippen LogP contribution in [0.4, 0.5) is 8.78 Å². The fourth-order valence-corrected chi connectivity index (χ4v) is 2.03. The van der Waals surface area contributed by atoms with Crippen LogP contribution >= 0.6 is 0 Å². The quantitative estimate of drug-likeness (QED) is 0.233. The summed E-state index contributed by atoms with van der Waals surface area (Å²) in [5.41, 5.74) is 5.22. The van der Waals surface area contributed by atoms with E-state index >= 15 is 0 Å². The minimum atomic E-state index is -4.72. The van der Waals surface area contributed by atoms with Crippen molar-refractivity contribution in [3.05, 3.63) is 0 Å². The van der Waals surface area contributed by atoms with Gasteiger partial charge in [-0.3, -0.25) is 14.4 Å². The lowest BCUT2D eigenvalue weighted by molar-refractivity contribution is -0.173. The molecule has 13 heteroatoms. The number of rotatable bonds is 12. The van der Waals surface area contributed by atoms with Crippen LogP contribution in [0.3, 0.4) is 0 Å². The molecule has 0 spiro atoms. The lowest BCUT2D eigenvalue weighted by atomic mass is 10.0. The molecule has 0 fully saturated rings. The van der Waals surface area contributed by atoms with Gasteiger partial charge in [-0.1, -0.05) is 13.8 Å². The van der Waals surface area contributed by atoms with Crippen molar-refractivity contribution in [3.63, 3.8) is 0 Å². The molecule has 0 aromatic heterocycles. The van der Waals surface area contributed by atoms with E-state index in [0.29, 0.717) is 0 Å². The number of halogens is 2. The van der Waals surface area contributed by atoms with Gasteiger partial charge < -0.3 is 31.7 Å². The average Bonchev–Trinajstić information content (AvgIpc) is 2.55. The van der Waals surface area contributed by atoms with Gasteiger partial charge in [0.25, 0.3) is 0 Å². The van der Waals surface area contributed by atoms with E-state index in [1.807, 2.05) is 0 Å². The monoisotopic (exact) mass is 411 g/mol. The second-order valence-corrected chi connectivity index (χ2v) is 6.33. The number of amides is 2. The first-order valence-corrected chi connectivity index (χ1v) is 8.13. The van der Waals surface area contributed by atoms with E-state index in [1.54, 1.807) is 10.6 Å². The number of aliphatic carboxylic acids is 3. The predicted molar refractivity (Wildman–Crippen MR) is 88.4 cm³/mol. The van der Waals surface area contributed by atoms with Crippen molar-refractivity contribution in [2.75, 3.05) is 0 Å². The fraction of sp³-hybridized carbons (Fsp3) is 0.667. The molecule has 11 nitrogen and oxygen atoms in total. The van der Waals surface area contributed by atoms with Crippen molar-refractivity contribution in [2.45, 2.75) is 57.2 Å². The molecular formula is C15H23F2N3O8. The van der Waals surface area contributed by atoms with Gasteiger partial charge in [0.15, 0.2) is 6.04 Å². The molecular weight excluding hydrogens is 388 g/mol. The lowest BCUT2D eigenvalue weighted by Gasteiger charge is -2.26. The SMILES string of the molecule is CC(C)[C@@H](NC(=O)[C@@H](NC(=O)CCC[C@H](N)C(=O)O)C(F)(F)C(=O)O)C(=O)O. The normalized spacial score (nSPS) is 14.6. The molecule has 28 heavy (non-hydrogen) atoms. The molecule has 0 heterocycles. The van der Waals surface area contributed by atoms with Crippen LogP contribution in [0, 0.1) is 5.92 Å². The summed E-state index contributed by atoms with van der Waals surface area (Å²) in [6.07, 6.45) is -0.799. The first kappa shape index (κ1) is 25.2. The van der Waals surface area contributed by atoms with E-state index < -0.39 is 66.1 Å². The number of alkyl halides is 2. The standard InChI is InChI=1S/C15H23F2N3O8/c1-6(2)9(13(25)26)20-11(22)10(15(16,17)14(27)28)19-8(21)5-3-4-7(18)12(23)24/h6-7,9-10H,3-5,18H2,1-2H3,(H,19,21)(H,20,22)(H,23,24)(H,25,26)(H,27,28)/t7-,9+,10+/m0/s1. The van der Waals surface area contributed by atoms with E-state index in [-0.39, 0.29) is 12.8 Å². The van der Waals surface area contributed by atoms with Crippen LogP contribution in [0.15, 0.2) is 0 Å². The van der Waals surface area contributed by atoms with Crippen molar-refractivity contribution in [1.82, 2.24) is 10.6 Å². The van der Waals surface area contributed by atoms with Crippen LogP contribution in [-0.4, -0.2) is 69.1 Å². The summed E-state index contributed by atoms with van der Waals surface area (Å²) in [5, 5.41) is 29.6. The Balaban J connectivity index is 5.26. The van der Waals surface area contributed by atoms with Crippen LogP contribution < -0.4 is 16.4 Å². The van der Waals surface area contributed by atoms with Gasteiger partial charge in [-0.25, -0.2) is 9.59 Å². The highest BCUT2D eigenvalue weighted by Crippen LogP contribution is 2.20. The molecule has 0 saturated carbocycles. The molecule has 0 aliphatic rings. The Hall–Kier alpha value is -2.83. The minimum absolute atomic E-state index is 0.129. The Kier molecular flexibility index (Phi) is 9.43. The second kappa shape index (κ2) is 10.5. The smallest absolute Gasteiger partial charge is 0.377 e. The Morgan fingerprint density at radius 1 is 1.00 bits per heavy atom. The van der Waals surface area contributed by atoms with Crippen LogP contribution in [-0.2, 0) is 24.0 Å². The third-order valence-corrected chi connectivity index (χ3v) is 3.68. The molecule has 0 aliphatic heterocycles. The van der Waals surface area contributed by atoms with Gasteiger partial charge in [-0.05, 0) is 18.8 Å². The molecule has 0 radical (unpaired) electrons. The summed E-state index contributed by atoms with van der Waals surface area (Å²) in [5.74, 6) is -13.8. The zero-order chi connectivity index (χ0) is 22.2. The van der Waals surface area contributed by atoms with Gasteiger partial charge in [0.2, 0.25) is 11.8 Å². The summed E-state index contributed by atoms with van der Waals surface area (Å²) in [7, 11) is 0. The van der Waals surface area contributed by atoms with Crippen LogP contribution in [0.5, 0.6) is 0 Å². The summed E-state index contributed by atoms with van der Waals surface area (Å²) in [6, 6.07) is -5.74. The molecule has 3 atom stereocenters. The molecule has 0 aromatic carbocycles. The van der Waals surface area contributed by atoms with Crippen molar-refractivity contribution in [2.24, 2.45) is 11.7 Å². The highest BCUT2D eigenvalue weighted by Gasteiger charge is 2.53. The third kappa shape index (κ3) is 7.42. The molecule has 0 saturated heterocycles. The van der Waals surface area contributed by atoms with Gasteiger partial charge in [-0.15, -0.1) is 0 Å². The molecule has 2 amide bonds. The zero-order valence-corrected chi connectivity index (χ0v) is 15.1. The van der Waals surface area contributed by atoms with Crippen LogP contribution in [0.1, 0.15) is 33.1 Å². The van der Waals surface area contributed by atoms with Gasteiger partial charge in [0, 0.05) is 6.42 Å². The highest BCUT2D eigenvalue weighted by molar-refractivity contribution is 5.95. The van der Waals surface area contributed by atoms with E-state index in [1.165, 1.54) is 13.8 Å². The molecule has 0 unspecified atom stereocenters. The molecule has 0 aliphatic carbocycles. The van der Waals surface area contributed by atoms with Crippen LogP contribution in [0.25, 0.3) is 0 Å². The third-order valence-electron chi connectivity index (χ3n) is 3.68. The van der Waals surface area contributed by atoms with Crippen molar-refractivity contribution < 1.29 is 48.1 Å². The maximum Gasteiger partial charge on any atom is 0.377 e. The number of carboxylic acid groups (broad SMARTS) is 3. The number of carbonyl (C=O) groups excluding carboxylic acids is 2. The fourth-order valence-electron chi connectivity index (χ4n) is 2.03. The summed E-state index contributed by atoms with van der Waals surface area (Å²) < 4.78 is 27.8. The topological polar surface area (TPSA) is 196 Å². The molecule has 160 valence electrons. The maximum absolute atomic E-state index is 13.9. The number of nitrogens with one attached hydrogen (secondary N) is 2. The largest absolute Gasteiger partial charge is 0.480 e. The minimum Gasteiger partial charge on any atom is -0.480 e. The lowest BCUT2D eigenvalue weighted by Crippen LogP contribution is -2.62. The molecule has 0 rings (SSSR count). The number of hydrogen-bond donors (Lipinski definition) is 6. The van der Waals surface area contributed by atoms with E-state index in [4.69, 9.17) is 21.1 Å². The Morgan fingerprint density at radius 3 is 1.93 bits per heavy atom. The summed E-state index contributed by atoms with van der Waals surface area (Å²) in [6.45, 7) is 2.77. The summed E-state index contributed by atoms with van der Waals surface area (Å²) in [4.78, 5) is 56.4. The maximum atomic E-state index is 13.9. The van der Waals surface area contributed by atoms with E-state index in [2.05, 4.69) is 0 Å². The number of carboxylic acids is 3. The molecule has 0 bridgehead atoms. The number of nitrogens with two attached hydrogens (primary N) is 1. The van der Waals surface area contributed by atoms with Crippen LogP contribution in [0.2, 0.25) is 0 Å². The Labute approximate surface area is 158 Å². The second-order valence-electron chi connectivity index (χ2n) is 6.33. The van der Waals surface area contributed by atoms with Gasteiger partial charge in [-0.2, -0.15) is 8.78 Å². The van der Waals surface area contributed by atoms with Crippen molar-refractivity contribution in [3.8, 4) is 0 Å². The van der Waals surface area contributed by atoms with Gasteiger partial charge in [0.05, 0.1) is 0 Å². The highest BCUT2D eigenvalue weighted by atomic mass is 19.3. The number of hydrogen-bond acceptors (Lipinski definition) is 6. The Morgan fingerprint density at radius 2 is 1.54 bits per heavy atom. The zero-order valence-electron chi connectivity index (χ0n) is 15.1. The first-order chi connectivity index (χ1) is 12.7. The van der Waals surface area contributed by atoms with E-state index in [0.717, 1.165) is 0 Å². The predicted octanol–water partition coefficient (Wildman–Crippen LogP) is -1.00. The molecule has 7 N–H and O–H groups in total. The average molecular weight is 411 g/mol. The first-order valence-electron chi connectivity index (χ1n) is 8.13. The Bertz CT molecular complexity index is 626.